The summed E-state index contributed by atoms with van der Waals surface area (Å²) in [5.74, 6) is 0.769. The lowest BCUT2D eigenvalue weighted by Crippen LogP contribution is -2.25. The first-order chi connectivity index (χ1) is 10.5. The number of unbranched alkanes of at least 4 members (excludes halogenated alkanes) is 1. The summed E-state index contributed by atoms with van der Waals surface area (Å²) in [5.41, 5.74) is 0.843. The quantitative estimate of drug-likeness (QED) is 0.338. The van der Waals surface area contributed by atoms with Crippen molar-refractivity contribution in [1.29, 1.82) is 0 Å². The molecule has 0 saturated carbocycles. The van der Waals surface area contributed by atoms with Crippen LogP contribution >= 0.6 is 22.6 Å². The van der Waals surface area contributed by atoms with Crippen molar-refractivity contribution in [3.63, 3.8) is 0 Å². The second kappa shape index (κ2) is 10.9. The summed E-state index contributed by atoms with van der Waals surface area (Å²) in [6.07, 6.45) is 5.30. The minimum atomic E-state index is 0.143. The molecule has 6 nitrogen and oxygen atoms in total. The highest BCUT2D eigenvalue weighted by atomic mass is 127. The van der Waals surface area contributed by atoms with E-state index >= 15 is 0 Å². The molecule has 22 heavy (non-hydrogen) atoms. The largest absolute Gasteiger partial charge is 0.362 e. The molecule has 0 bridgehead atoms. The molecule has 1 N–H and O–H groups in total. The van der Waals surface area contributed by atoms with Gasteiger partial charge in [-0.1, -0.05) is 41.7 Å². The number of amides is 1. The number of rotatable bonds is 11. The summed E-state index contributed by atoms with van der Waals surface area (Å²) in [5, 5.41) is 11.1. The SMILES string of the molecule is CC(C)CCNC(=O)CCCCn1cc(COC(C)I)nn1. The molecule has 1 atom stereocenters. The van der Waals surface area contributed by atoms with Crippen LogP contribution in [0.3, 0.4) is 0 Å². The summed E-state index contributed by atoms with van der Waals surface area (Å²) < 4.78 is 7.45. The average molecular weight is 422 g/mol. The predicted molar refractivity (Wildman–Crippen MR) is 94.6 cm³/mol. The van der Waals surface area contributed by atoms with Crippen LogP contribution in [0.4, 0.5) is 0 Å². The fourth-order valence-electron chi connectivity index (χ4n) is 1.86. The molecule has 0 radical (unpaired) electrons. The molecule has 0 aliphatic carbocycles. The van der Waals surface area contributed by atoms with Crippen molar-refractivity contribution >= 4 is 28.5 Å². The number of ether oxygens (including phenoxy) is 1. The molecule has 1 aromatic heterocycles. The van der Waals surface area contributed by atoms with Crippen LogP contribution in [0.5, 0.6) is 0 Å². The monoisotopic (exact) mass is 422 g/mol. The molecule has 1 aromatic rings. The van der Waals surface area contributed by atoms with E-state index in [4.69, 9.17) is 4.74 Å². The van der Waals surface area contributed by atoms with Crippen LogP contribution in [0.25, 0.3) is 0 Å². The number of nitrogens with zero attached hydrogens (tertiary/aromatic N) is 3. The lowest BCUT2D eigenvalue weighted by Gasteiger charge is -2.07. The number of carbonyl (C=O) groups excluding carboxylic acids is 1. The first-order valence-electron chi connectivity index (χ1n) is 7.88. The number of hydrogen-bond donors (Lipinski definition) is 1. The fourth-order valence-corrected chi connectivity index (χ4v) is 2.04. The molecule has 1 unspecified atom stereocenters. The molecule has 1 amide bonds. The lowest BCUT2D eigenvalue weighted by atomic mass is 10.1. The zero-order chi connectivity index (χ0) is 16.4. The summed E-state index contributed by atoms with van der Waals surface area (Å²) in [7, 11) is 0. The summed E-state index contributed by atoms with van der Waals surface area (Å²) in [4.78, 5) is 11.6. The number of carbonyl (C=O) groups is 1. The maximum atomic E-state index is 11.6. The van der Waals surface area contributed by atoms with Gasteiger partial charge in [0, 0.05) is 19.5 Å². The van der Waals surface area contributed by atoms with Crippen molar-refractivity contribution in [3.05, 3.63) is 11.9 Å². The Kier molecular flexibility index (Phi) is 9.61. The number of aryl methyl sites for hydroxylation is 1. The van der Waals surface area contributed by atoms with E-state index in [1.165, 1.54) is 0 Å². The van der Waals surface area contributed by atoms with Gasteiger partial charge >= 0.3 is 0 Å². The Morgan fingerprint density at radius 2 is 2.18 bits per heavy atom. The molecule has 0 spiro atoms. The van der Waals surface area contributed by atoms with Crippen molar-refractivity contribution < 1.29 is 9.53 Å². The number of nitrogens with one attached hydrogen (secondary N) is 1. The highest BCUT2D eigenvalue weighted by Crippen LogP contribution is 2.06. The first-order valence-corrected chi connectivity index (χ1v) is 9.13. The van der Waals surface area contributed by atoms with Gasteiger partial charge < -0.3 is 10.1 Å². The van der Waals surface area contributed by atoms with Gasteiger partial charge in [0.05, 0.1) is 12.8 Å². The van der Waals surface area contributed by atoms with E-state index in [1.807, 2.05) is 17.8 Å². The van der Waals surface area contributed by atoms with E-state index in [1.54, 1.807) is 0 Å². The normalized spacial score (nSPS) is 12.6. The molecule has 1 heterocycles. The number of hydrogen-bond acceptors (Lipinski definition) is 4. The van der Waals surface area contributed by atoms with Gasteiger partial charge in [-0.05, 0) is 32.1 Å². The molecular weight excluding hydrogens is 395 g/mol. The van der Waals surface area contributed by atoms with E-state index in [9.17, 15) is 4.79 Å². The van der Waals surface area contributed by atoms with Crippen LogP contribution in [0, 0.1) is 5.92 Å². The van der Waals surface area contributed by atoms with Gasteiger partial charge in [-0.2, -0.15) is 0 Å². The van der Waals surface area contributed by atoms with E-state index in [-0.39, 0.29) is 10.0 Å². The predicted octanol–water partition coefficient (Wildman–Crippen LogP) is 2.91. The number of aromatic nitrogens is 3. The topological polar surface area (TPSA) is 69.0 Å². The maximum Gasteiger partial charge on any atom is 0.219 e. The van der Waals surface area contributed by atoms with Gasteiger partial charge in [0.1, 0.15) is 9.80 Å². The number of alkyl halides is 1. The summed E-state index contributed by atoms with van der Waals surface area (Å²) in [6, 6.07) is 0. The van der Waals surface area contributed by atoms with E-state index in [2.05, 4.69) is 52.1 Å². The second-order valence-corrected chi connectivity index (χ2v) is 7.57. The minimum absolute atomic E-state index is 0.143. The van der Waals surface area contributed by atoms with Crippen molar-refractivity contribution in [2.45, 2.75) is 63.7 Å². The molecule has 7 heteroatoms. The van der Waals surface area contributed by atoms with Crippen LogP contribution in [-0.2, 0) is 22.7 Å². The third-order valence-corrected chi connectivity index (χ3v) is 3.49. The fraction of sp³-hybridized carbons (Fsp3) is 0.800. The zero-order valence-electron chi connectivity index (χ0n) is 13.7. The third kappa shape index (κ3) is 9.34. The van der Waals surface area contributed by atoms with Crippen LogP contribution < -0.4 is 5.32 Å². The van der Waals surface area contributed by atoms with Crippen LogP contribution in [-0.4, -0.2) is 31.6 Å². The van der Waals surface area contributed by atoms with Gasteiger partial charge in [0.2, 0.25) is 5.91 Å². The summed E-state index contributed by atoms with van der Waals surface area (Å²) >= 11 is 2.21. The Bertz CT molecular complexity index is 435. The smallest absolute Gasteiger partial charge is 0.219 e. The molecule has 0 aromatic carbocycles. The minimum Gasteiger partial charge on any atom is -0.362 e. The van der Waals surface area contributed by atoms with E-state index < -0.39 is 0 Å². The molecule has 0 fully saturated rings. The van der Waals surface area contributed by atoms with Gasteiger partial charge in [-0.25, -0.2) is 0 Å². The summed E-state index contributed by atoms with van der Waals surface area (Å²) in [6.45, 7) is 8.35. The van der Waals surface area contributed by atoms with E-state index in [0.29, 0.717) is 18.9 Å². The lowest BCUT2D eigenvalue weighted by molar-refractivity contribution is -0.121. The Morgan fingerprint density at radius 1 is 1.41 bits per heavy atom. The second-order valence-electron chi connectivity index (χ2n) is 5.82. The Hall–Kier alpha value is -0.700. The van der Waals surface area contributed by atoms with Gasteiger partial charge in [0.15, 0.2) is 0 Å². The highest BCUT2D eigenvalue weighted by Gasteiger charge is 2.04. The van der Waals surface area contributed by atoms with Crippen LogP contribution in [0.1, 0.15) is 52.1 Å². The van der Waals surface area contributed by atoms with E-state index in [0.717, 1.165) is 38.0 Å². The Morgan fingerprint density at radius 3 is 2.86 bits per heavy atom. The molecule has 0 saturated heterocycles. The van der Waals surface area contributed by atoms with Crippen molar-refractivity contribution in [3.8, 4) is 0 Å². The maximum absolute atomic E-state index is 11.6. The Labute approximate surface area is 146 Å². The van der Waals surface area contributed by atoms with Crippen LogP contribution in [0.2, 0.25) is 0 Å². The number of halogens is 1. The van der Waals surface area contributed by atoms with Crippen LogP contribution in [0.15, 0.2) is 6.20 Å². The van der Waals surface area contributed by atoms with Gasteiger partial charge in [-0.15, -0.1) is 5.10 Å². The third-order valence-electron chi connectivity index (χ3n) is 3.13. The van der Waals surface area contributed by atoms with Crippen molar-refractivity contribution in [2.75, 3.05) is 6.54 Å². The first kappa shape index (κ1) is 19.3. The van der Waals surface area contributed by atoms with Crippen molar-refractivity contribution in [2.24, 2.45) is 5.92 Å². The molecule has 126 valence electrons. The molecular formula is C15H27IN4O2. The van der Waals surface area contributed by atoms with Gasteiger partial charge in [0.25, 0.3) is 0 Å². The molecule has 0 aliphatic rings. The standard InChI is InChI=1S/C15H27IN4O2/c1-12(2)7-8-17-15(21)6-4-5-9-20-10-14(18-19-20)11-22-13(3)16/h10,12-13H,4-9,11H2,1-3H3,(H,17,21). The Balaban J connectivity index is 2.10. The van der Waals surface area contributed by atoms with Crippen molar-refractivity contribution in [1.82, 2.24) is 20.3 Å². The molecule has 0 aliphatic heterocycles. The van der Waals surface area contributed by atoms with Gasteiger partial charge in [-0.3, -0.25) is 9.48 Å². The average Bonchev–Trinajstić information content (AvgIpc) is 2.89. The highest BCUT2D eigenvalue weighted by molar-refractivity contribution is 14.1. The zero-order valence-corrected chi connectivity index (χ0v) is 15.9. The molecule has 1 rings (SSSR count).